The van der Waals surface area contributed by atoms with E-state index < -0.39 is 0 Å². The molecule has 1 aromatic carbocycles. The quantitative estimate of drug-likeness (QED) is 0.294. The molecule has 4 aliphatic carbocycles. The third kappa shape index (κ3) is 3.16. The number of rotatable bonds is 2. The lowest BCUT2D eigenvalue weighted by Crippen LogP contribution is -2.51. The Kier molecular flexibility index (Phi) is 5.10. The first kappa shape index (κ1) is 23.6. The van der Waals surface area contributed by atoms with Gasteiger partial charge in [0.05, 0.1) is 11.8 Å². The van der Waals surface area contributed by atoms with E-state index in [4.69, 9.17) is 10.7 Å². The van der Waals surface area contributed by atoms with E-state index in [1.165, 1.54) is 40.9 Å². The molecule has 0 radical (unpaired) electrons. The van der Waals surface area contributed by atoms with Gasteiger partial charge in [0.1, 0.15) is 9.71 Å². The van der Waals surface area contributed by atoms with E-state index in [9.17, 15) is 9.90 Å². The highest BCUT2D eigenvalue weighted by molar-refractivity contribution is 7.21. The van der Waals surface area contributed by atoms with E-state index in [0.29, 0.717) is 33.9 Å². The van der Waals surface area contributed by atoms with Crippen molar-refractivity contribution in [2.45, 2.75) is 77.2 Å². The predicted octanol–water partition coefficient (Wildman–Crippen LogP) is 6.76. The molecular weight excluding hydrogens is 476 g/mol. The molecule has 0 unspecified atom stereocenters. The van der Waals surface area contributed by atoms with Crippen molar-refractivity contribution in [1.29, 1.82) is 0 Å². The van der Waals surface area contributed by atoms with Crippen LogP contribution in [0.2, 0.25) is 0 Å². The van der Waals surface area contributed by atoms with Crippen molar-refractivity contribution in [3.8, 4) is 0 Å². The molecule has 5 heteroatoms. The average molecular weight is 513 g/mol. The number of aromatic nitrogens is 1. The number of ketones is 1. The average Bonchev–Trinajstić information content (AvgIpc) is 3.38. The highest BCUT2D eigenvalue weighted by Gasteiger charge is 2.58. The zero-order valence-corrected chi connectivity index (χ0v) is 22.8. The minimum atomic E-state index is -0.170. The molecule has 0 spiro atoms. The lowest BCUT2D eigenvalue weighted by molar-refractivity contribution is -0.0164. The molecule has 2 fully saturated rings. The lowest BCUT2D eigenvalue weighted by Gasteiger charge is -2.57. The Morgan fingerprint density at radius 2 is 1.84 bits per heavy atom. The number of hydrogen-bond donors (Lipinski definition) is 2. The summed E-state index contributed by atoms with van der Waals surface area (Å²) in [6, 6.07) is 9.45. The van der Waals surface area contributed by atoms with E-state index in [0.717, 1.165) is 48.0 Å². The van der Waals surface area contributed by atoms with Gasteiger partial charge in [0, 0.05) is 16.6 Å². The Morgan fingerprint density at radius 1 is 1.08 bits per heavy atom. The van der Waals surface area contributed by atoms with Crippen LogP contribution in [0.15, 0.2) is 42.0 Å². The number of fused-ring (bicyclic) bond motifs is 9. The van der Waals surface area contributed by atoms with Crippen molar-refractivity contribution in [3.63, 3.8) is 0 Å². The summed E-state index contributed by atoms with van der Waals surface area (Å²) in [6.07, 6.45) is 9.75. The number of aryl methyl sites for hydroxylation is 1. The normalized spacial score (nSPS) is 34.3. The third-order valence-electron chi connectivity index (χ3n) is 10.9. The van der Waals surface area contributed by atoms with Crippen molar-refractivity contribution in [3.05, 3.63) is 69.2 Å². The van der Waals surface area contributed by atoms with Crippen LogP contribution in [0, 0.1) is 30.1 Å². The fourth-order valence-corrected chi connectivity index (χ4v) is 10.2. The van der Waals surface area contributed by atoms with Gasteiger partial charge in [-0.2, -0.15) is 0 Å². The summed E-state index contributed by atoms with van der Waals surface area (Å²) in [4.78, 5) is 20.0. The fraction of sp³-hybridized carbons (Fsp3) is 0.500. The number of anilines is 1. The number of pyridine rings is 1. The molecule has 2 saturated carbocycles. The second-order valence-electron chi connectivity index (χ2n) is 12.6. The first-order chi connectivity index (χ1) is 17.7. The van der Waals surface area contributed by atoms with Crippen molar-refractivity contribution < 1.29 is 9.90 Å². The minimum Gasteiger partial charge on any atom is -0.397 e. The Bertz CT molecular complexity index is 1470. The molecule has 4 nitrogen and oxygen atoms in total. The number of aliphatic hydroxyl groups is 1. The molecule has 3 N–H and O–H groups in total. The van der Waals surface area contributed by atoms with Crippen LogP contribution >= 0.6 is 11.3 Å². The summed E-state index contributed by atoms with van der Waals surface area (Å²) in [5, 5.41) is 11.4. The Morgan fingerprint density at radius 3 is 2.62 bits per heavy atom. The van der Waals surface area contributed by atoms with Crippen LogP contribution in [0.25, 0.3) is 10.2 Å². The zero-order valence-electron chi connectivity index (χ0n) is 22.0. The number of carbonyl (C=O) groups is 1. The van der Waals surface area contributed by atoms with Crippen LogP contribution < -0.4 is 5.73 Å². The standard InChI is InChI=1S/C32H36N2O2S/c1-17-26-22(25-27(33)29(37-30(25)34-17)28(36)18-7-5-4-6-8-18)16-24-21-10-9-19-15-20(35)11-13-31(19,2)23(21)12-14-32(24,26)3/h4-9,20-21,23-24,35H,10-16,33H2,1-3H3/t20-,21-,23+,24-,31-,32-/m0/s1. The highest BCUT2D eigenvalue weighted by atomic mass is 32.1. The Balaban J connectivity index is 1.33. The van der Waals surface area contributed by atoms with Crippen LogP contribution in [0.1, 0.15) is 84.4 Å². The molecule has 0 saturated heterocycles. The van der Waals surface area contributed by atoms with Gasteiger partial charge in [-0.1, -0.05) is 55.8 Å². The number of nitrogen functional groups attached to an aromatic ring is 1. The van der Waals surface area contributed by atoms with Crippen LogP contribution in [0.3, 0.4) is 0 Å². The zero-order chi connectivity index (χ0) is 25.7. The van der Waals surface area contributed by atoms with Crippen LogP contribution in [-0.2, 0) is 11.8 Å². The minimum absolute atomic E-state index is 0.00782. The number of aliphatic hydroxyl groups excluding tert-OH is 1. The van der Waals surface area contributed by atoms with E-state index in [-0.39, 0.29) is 22.7 Å². The van der Waals surface area contributed by atoms with Gasteiger partial charge in [0.15, 0.2) is 0 Å². The van der Waals surface area contributed by atoms with Gasteiger partial charge in [0.2, 0.25) is 5.78 Å². The number of hydrogen-bond acceptors (Lipinski definition) is 5. The van der Waals surface area contributed by atoms with Gasteiger partial charge < -0.3 is 10.8 Å². The summed E-state index contributed by atoms with van der Waals surface area (Å²) in [5.41, 5.74) is 13.8. The molecule has 2 heterocycles. The molecule has 6 atom stereocenters. The van der Waals surface area contributed by atoms with Crippen LogP contribution in [0.4, 0.5) is 5.69 Å². The smallest absolute Gasteiger partial charge is 0.205 e. The highest BCUT2D eigenvalue weighted by Crippen LogP contribution is 2.65. The van der Waals surface area contributed by atoms with Crippen molar-refractivity contribution >= 4 is 33.0 Å². The molecule has 0 amide bonds. The SMILES string of the molecule is Cc1nc2sc(C(=O)c3ccccc3)c(N)c2c2c1[C@@]1(C)CC[C@@H]3[C@H](CC=C4C[C@@H](O)CC[C@@]43C)[C@@H]1C2. The number of benzene rings is 1. The Labute approximate surface area is 223 Å². The second-order valence-corrected chi connectivity index (χ2v) is 13.6. The summed E-state index contributed by atoms with van der Waals surface area (Å²) in [6.45, 7) is 7.12. The van der Waals surface area contributed by atoms with Gasteiger partial charge in [0.25, 0.3) is 0 Å². The first-order valence-corrected chi connectivity index (χ1v) is 14.7. The van der Waals surface area contributed by atoms with Gasteiger partial charge >= 0.3 is 0 Å². The van der Waals surface area contributed by atoms with Crippen molar-refractivity contribution in [2.75, 3.05) is 5.73 Å². The number of thiophene rings is 1. The largest absolute Gasteiger partial charge is 0.397 e. The summed E-state index contributed by atoms with van der Waals surface area (Å²) >= 11 is 1.46. The molecule has 2 aromatic heterocycles. The van der Waals surface area contributed by atoms with Crippen molar-refractivity contribution in [1.82, 2.24) is 4.98 Å². The Hall–Kier alpha value is -2.50. The summed E-state index contributed by atoms with van der Waals surface area (Å²) < 4.78 is 0. The second kappa shape index (κ2) is 8.00. The fourth-order valence-electron chi connectivity index (χ4n) is 9.07. The van der Waals surface area contributed by atoms with E-state index in [1.807, 2.05) is 30.3 Å². The van der Waals surface area contributed by atoms with Gasteiger partial charge in [-0.3, -0.25) is 4.79 Å². The van der Waals surface area contributed by atoms with E-state index in [1.54, 1.807) is 0 Å². The van der Waals surface area contributed by atoms with Gasteiger partial charge in [-0.05, 0) is 91.6 Å². The lowest BCUT2D eigenvalue weighted by atomic mass is 9.47. The monoisotopic (exact) mass is 512 g/mol. The molecular formula is C32H36N2O2S. The third-order valence-corrected chi connectivity index (χ3v) is 12.0. The molecule has 3 aromatic rings. The maximum absolute atomic E-state index is 13.4. The number of nitrogens with two attached hydrogens (primary N) is 1. The van der Waals surface area contributed by atoms with Gasteiger partial charge in [-0.15, -0.1) is 11.3 Å². The molecule has 192 valence electrons. The van der Waals surface area contributed by atoms with Crippen LogP contribution in [-0.4, -0.2) is 22.0 Å². The summed E-state index contributed by atoms with van der Waals surface area (Å²) in [5.74, 6) is 1.86. The number of carbonyl (C=O) groups excluding carboxylic acids is 1. The van der Waals surface area contributed by atoms with Crippen LogP contribution in [0.5, 0.6) is 0 Å². The molecule has 7 rings (SSSR count). The van der Waals surface area contributed by atoms with E-state index in [2.05, 4.69) is 26.8 Å². The van der Waals surface area contributed by atoms with Crippen molar-refractivity contribution in [2.24, 2.45) is 23.2 Å². The molecule has 0 bridgehead atoms. The number of nitrogens with zero attached hydrogens (tertiary/aromatic N) is 1. The van der Waals surface area contributed by atoms with Gasteiger partial charge in [-0.25, -0.2) is 4.98 Å². The first-order valence-electron chi connectivity index (χ1n) is 13.9. The molecule has 4 aliphatic rings. The topological polar surface area (TPSA) is 76.2 Å². The maximum Gasteiger partial charge on any atom is 0.205 e. The molecule has 0 aliphatic heterocycles. The number of allylic oxidation sites excluding steroid dienone is 1. The molecule has 37 heavy (non-hydrogen) atoms. The van der Waals surface area contributed by atoms with E-state index >= 15 is 0 Å². The predicted molar refractivity (Wildman–Crippen MR) is 150 cm³/mol. The maximum atomic E-state index is 13.4. The summed E-state index contributed by atoms with van der Waals surface area (Å²) in [7, 11) is 0.